The van der Waals surface area contributed by atoms with Crippen LogP contribution in [0.25, 0.3) is 0 Å². The van der Waals surface area contributed by atoms with E-state index < -0.39 is 112 Å². The van der Waals surface area contributed by atoms with E-state index in [-0.39, 0.29) is 35.0 Å². The predicted octanol–water partition coefficient (Wildman–Crippen LogP) is 4.08. The molecule has 2 heterocycles. The van der Waals surface area contributed by atoms with E-state index in [0.29, 0.717) is 16.9 Å². The lowest BCUT2D eigenvalue weighted by Gasteiger charge is -2.36. The minimum Gasteiger partial charge on any atom is -0.444 e. The maximum absolute atomic E-state index is 14.7. The number of alkyl carbamates (subject to hydrolysis) is 1. The number of imide groups is 3. The maximum Gasteiger partial charge on any atom is 0.408 e. The minimum absolute atomic E-state index is 0.00170. The van der Waals surface area contributed by atoms with Gasteiger partial charge in [-0.1, -0.05) is 102 Å². The van der Waals surface area contributed by atoms with Gasteiger partial charge in [-0.25, -0.2) is 27.1 Å². The smallest absolute Gasteiger partial charge is 0.408 e. The molecule has 20 heteroatoms. The number of carbonyl (C=O) groups is 6. The van der Waals surface area contributed by atoms with Gasteiger partial charge in [0.05, 0.1) is 34.7 Å². The summed E-state index contributed by atoms with van der Waals surface area (Å²) >= 11 is 0. The Morgan fingerprint density at radius 2 is 1.39 bits per heavy atom. The molecule has 0 saturated heterocycles. The Labute approximate surface area is 416 Å². The lowest BCUT2D eigenvalue weighted by molar-refractivity contribution is -0.152. The number of rotatable bonds is 22. The first-order valence-electron chi connectivity index (χ1n) is 23.7. The molecular weight excluding hydrogens is 933 g/mol. The summed E-state index contributed by atoms with van der Waals surface area (Å²) in [4.78, 5) is 93.5. The summed E-state index contributed by atoms with van der Waals surface area (Å²) in [6.45, 7) is 16.9. The molecule has 2 aromatic heterocycles. The van der Waals surface area contributed by atoms with E-state index >= 15 is 0 Å². The lowest BCUT2D eigenvalue weighted by atomic mass is 9.82. The van der Waals surface area contributed by atoms with Crippen LogP contribution in [0, 0.1) is 30.6 Å². The maximum atomic E-state index is 14.7. The molecular formula is C51H70N8O11S. The molecule has 0 fully saturated rings. The van der Waals surface area contributed by atoms with E-state index in [0.717, 1.165) is 15.9 Å². The van der Waals surface area contributed by atoms with Crippen LogP contribution in [0.5, 0.6) is 0 Å². The van der Waals surface area contributed by atoms with E-state index in [1.54, 1.807) is 118 Å². The van der Waals surface area contributed by atoms with Crippen molar-refractivity contribution in [1.82, 2.24) is 34.8 Å². The Balaban J connectivity index is 1.75. The Hall–Kier alpha value is -6.35. The van der Waals surface area contributed by atoms with Gasteiger partial charge in [0.15, 0.2) is 0 Å². The second kappa shape index (κ2) is 25.2. The number of carbonyl (C=O) groups excluding carboxylic acids is 6. The SMILES string of the molecule is CC[C@H](C)[C@H](N)C(=O)N(C(=O)c1ccccn1)C(=O)[C@H](C(C)C)[C@@H](O)[C@H](O)[C@H](CC(C)C)NC(=O)[C@H](Cc1cn(S(=O)(=O)c2ccc(C)cc2)cn1)NC(=O)[C@H](Cc1ccccc1)NC(=O)OC(C)(C)C. The highest BCUT2D eigenvalue weighted by Crippen LogP contribution is 2.27. The molecule has 0 unspecified atom stereocenters. The zero-order valence-corrected chi connectivity index (χ0v) is 42.9. The largest absolute Gasteiger partial charge is 0.444 e. The molecule has 0 bridgehead atoms. The number of amides is 6. The zero-order valence-electron chi connectivity index (χ0n) is 42.1. The van der Waals surface area contributed by atoms with Gasteiger partial charge in [0.2, 0.25) is 17.7 Å². The van der Waals surface area contributed by atoms with Crippen LogP contribution in [-0.4, -0.2) is 115 Å². The summed E-state index contributed by atoms with van der Waals surface area (Å²) in [6, 6.07) is 13.7. The minimum atomic E-state index is -4.15. The van der Waals surface area contributed by atoms with Gasteiger partial charge in [-0.05, 0) is 81.7 Å². The third-order valence-electron chi connectivity index (χ3n) is 11.8. The number of aliphatic hydroxyl groups is 2. The van der Waals surface area contributed by atoms with E-state index in [1.807, 2.05) is 0 Å². The fraction of sp³-hybridized carbons (Fsp3) is 0.490. The van der Waals surface area contributed by atoms with Crippen molar-refractivity contribution in [2.75, 3.05) is 0 Å². The average molecular weight is 1000 g/mol. The highest BCUT2D eigenvalue weighted by molar-refractivity contribution is 7.90. The fourth-order valence-electron chi connectivity index (χ4n) is 7.67. The molecule has 0 spiro atoms. The van der Waals surface area contributed by atoms with E-state index in [4.69, 9.17) is 10.5 Å². The number of nitrogens with zero attached hydrogens (tertiary/aromatic N) is 4. The molecule has 8 atom stereocenters. The molecule has 19 nitrogen and oxygen atoms in total. The van der Waals surface area contributed by atoms with Crippen molar-refractivity contribution >= 4 is 45.7 Å². The van der Waals surface area contributed by atoms with Crippen LogP contribution < -0.4 is 21.7 Å². The van der Waals surface area contributed by atoms with Crippen LogP contribution >= 0.6 is 0 Å². The van der Waals surface area contributed by atoms with E-state index in [9.17, 15) is 47.4 Å². The molecule has 4 rings (SSSR count). The molecule has 7 N–H and O–H groups in total. The van der Waals surface area contributed by atoms with E-state index in [2.05, 4.69) is 25.9 Å². The first-order chi connectivity index (χ1) is 33.2. The van der Waals surface area contributed by atoms with Gasteiger partial charge in [-0.15, -0.1) is 0 Å². The fourth-order valence-corrected chi connectivity index (χ4v) is 8.83. The summed E-state index contributed by atoms with van der Waals surface area (Å²) in [5.41, 5.74) is 6.66. The van der Waals surface area contributed by atoms with Crippen LogP contribution in [-0.2, 0) is 46.8 Å². The lowest BCUT2D eigenvalue weighted by Crippen LogP contribution is -2.60. The number of hydrogen-bond donors (Lipinski definition) is 6. The van der Waals surface area contributed by atoms with Gasteiger partial charge in [-0.3, -0.25) is 29.0 Å². The van der Waals surface area contributed by atoms with Crippen LogP contribution in [0.15, 0.2) is 96.4 Å². The third kappa shape index (κ3) is 15.8. The number of benzene rings is 2. The van der Waals surface area contributed by atoms with Gasteiger partial charge in [0, 0.05) is 25.2 Å². The normalized spacial score (nSPS) is 15.3. The number of aromatic nitrogens is 3. The molecule has 2 aromatic carbocycles. The first kappa shape index (κ1) is 57.2. The summed E-state index contributed by atoms with van der Waals surface area (Å²) in [7, 11) is -4.15. The monoisotopic (exact) mass is 1000 g/mol. The average Bonchev–Trinajstić information content (AvgIpc) is 3.79. The Morgan fingerprint density at radius 1 is 0.789 bits per heavy atom. The molecule has 0 aliphatic rings. The molecule has 0 aliphatic carbocycles. The second-order valence-corrected chi connectivity index (χ2v) is 21.4. The zero-order chi connectivity index (χ0) is 53.0. The summed E-state index contributed by atoms with van der Waals surface area (Å²) < 4.78 is 33.6. The molecule has 6 amide bonds. The van der Waals surface area contributed by atoms with Gasteiger partial charge < -0.3 is 36.6 Å². The van der Waals surface area contributed by atoms with Gasteiger partial charge >= 0.3 is 6.09 Å². The van der Waals surface area contributed by atoms with Gasteiger partial charge in [-0.2, -0.15) is 0 Å². The number of ether oxygens (including phenoxy) is 1. The van der Waals surface area contributed by atoms with E-state index in [1.165, 1.54) is 36.7 Å². The summed E-state index contributed by atoms with van der Waals surface area (Å²) in [6.07, 6.45) is -1.33. The topological polar surface area (TPSA) is 282 Å². The highest BCUT2D eigenvalue weighted by atomic mass is 32.2. The summed E-state index contributed by atoms with van der Waals surface area (Å²) in [5.74, 6) is -8.18. The van der Waals surface area contributed by atoms with Gasteiger partial charge in [0.1, 0.15) is 35.8 Å². The van der Waals surface area contributed by atoms with Crippen molar-refractivity contribution in [3.8, 4) is 0 Å². The number of hydrogen-bond acceptors (Lipinski definition) is 14. The number of aryl methyl sites for hydroxylation is 1. The Kier molecular flexibility index (Phi) is 20.3. The van der Waals surface area contributed by atoms with Crippen LogP contribution in [0.1, 0.15) is 102 Å². The number of nitrogens with two attached hydrogens (primary N) is 1. The van der Waals surface area contributed by atoms with Crippen molar-refractivity contribution in [2.24, 2.45) is 29.4 Å². The van der Waals surface area contributed by atoms with Crippen LogP contribution in [0.3, 0.4) is 0 Å². The number of nitrogens with one attached hydrogen (secondary N) is 3. The second-order valence-electron chi connectivity index (χ2n) is 19.6. The molecule has 71 heavy (non-hydrogen) atoms. The van der Waals surface area contributed by atoms with Gasteiger partial charge in [0.25, 0.3) is 21.8 Å². The number of pyridine rings is 1. The van der Waals surface area contributed by atoms with Crippen LogP contribution in [0.4, 0.5) is 4.79 Å². The highest BCUT2D eigenvalue weighted by Gasteiger charge is 2.46. The number of aliphatic hydroxyl groups excluding tert-OH is 2. The Bertz CT molecular complexity index is 2550. The first-order valence-corrected chi connectivity index (χ1v) is 25.1. The molecule has 4 aromatic rings. The van der Waals surface area contributed by atoms with Crippen molar-refractivity contribution in [3.63, 3.8) is 0 Å². The predicted molar refractivity (Wildman–Crippen MR) is 265 cm³/mol. The van der Waals surface area contributed by atoms with Crippen molar-refractivity contribution in [2.45, 2.75) is 142 Å². The van der Waals surface area contributed by atoms with Crippen molar-refractivity contribution < 1.29 is 52.1 Å². The molecule has 0 radical (unpaired) electrons. The third-order valence-corrected chi connectivity index (χ3v) is 13.4. The molecule has 0 aliphatic heterocycles. The Morgan fingerprint density at radius 3 is 1.96 bits per heavy atom. The molecule has 0 saturated carbocycles. The van der Waals surface area contributed by atoms with Crippen molar-refractivity contribution in [3.05, 3.63) is 114 Å². The van der Waals surface area contributed by atoms with Crippen molar-refractivity contribution in [1.29, 1.82) is 0 Å². The standard InChI is InChI=1S/C51H70N8O11S/c1-11-33(7)42(52)49(66)59(47(64)37-19-15-16-24-53-37)48(65)41(31(4)5)44(61)43(60)38(25-30(2)3)55-46(63)40(27-35-28-58(29-54-35)71(68,69)36-22-20-32(6)21-23-36)56-45(62)39(26-34-17-13-12-14-18-34)57-50(67)70-51(8,9)10/h12-24,28-31,33,38-44,60-61H,11,25-27,52H2,1-10H3,(H,55,63)(H,56,62)(H,57,67)/t33-,38-,39-,40-,41+,42-,43+,44+/m0/s1. The number of imidazole rings is 1. The summed E-state index contributed by atoms with van der Waals surface area (Å²) in [5, 5.41) is 32.2. The van der Waals surface area contributed by atoms with Crippen LogP contribution in [0.2, 0.25) is 0 Å². The molecule has 386 valence electrons. The quantitative estimate of drug-likeness (QED) is 0.0648.